The van der Waals surface area contributed by atoms with Gasteiger partial charge < -0.3 is 14.2 Å². The Morgan fingerprint density at radius 1 is 0.284 bits per heavy atom. The molecule has 0 aromatic heterocycles. The molecule has 0 saturated heterocycles. The zero-order chi connectivity index (χ0) is 53.6. The first-order valence-corrected chi connectivity index (χ1v) is 31.2. The Labute approximate surface area is 457 Å². The van der Waals surface area contributed by atoms with E-state index in [0.29, 0.717) is 19.3 Å². The van der Waals surface area contributed by atoms with Gasteiger partial charge in [0.2, 0.25) is 0 Å². The number of hydrogen-bond donors (Lipinski definition) is 0. The Bertz CT molecular complexity index is 1460. The van der Waals surface area contributed by atoms with E-state index in [4.69, 9.17) is 14.2 Å². The van der Waals surface area contributed by atoms with E-state index < -0.39 is 6.10 Å². The Kier molecular flexibility index (Phi) is 58.8. The molecule has 6 nitrogen and oxygen atoms in total. The van der Waals surface area contributed by atoms with Crippen molar-refractivity contribution in [2.75, 3.05) is 13.2 Å². The molecule has 0 aliphatic carbocycles. The number of carbonyl (C=O) groups excluding carboxylic acids is 3. The quantitative estimate of drug-likeness (QED) is 0.0261. The minimum absolute atomic E-state index is 0.0782. The number of allylic oxidation sites excluding steroid dienone is 16. The molecule has 0 heterocycles. The van der Waals surface area contributed by atoms with Crippen LogP contribution in [0.1, 0.15) is 297 Å². The molecule has 424 valence electrons. The lowest BCUT2D eigenvalue weighted by Gasteiger charge is -2.18. The van der Waals surface area contributed by atoms with E-state index in [1.54, 1.807) is 0 Å². The van der Waals surface area contributed by atoms with Crippen molar-refractivity contribution in [1.29, 1.82) is 0 Å². The van der Waals surface area contributed by atoms with Gasteiger partial charge in [-0.05, 0) is 103 Å². The molecule has 0 radical (unpaired) electrons. The molecule has 0 saturated carbocycles. The topological polar surface area (TPSA) is 78.9 Å². The van der Waals surface area contributed by atoms with Crippen molar-refractivity contribution in [1.82, 2.24) is 0 Å². The van der Waals surface area contributed by atoms with Gasteiger partial charge in [0.1, 0.15) is 13.2 Å². The zero-order valence-corrected chi connectivity index (χ0v) is 48.6. The zero-order valence-electron chi connectivity index (χ0n) is 48.6. The molecule has 0 rings (SSSR count). The molecule has 0 aromatic carbocycles. The van der Waals surface area contributed by atoms with Crippen LogP contribution in [-0.2, 0) is 28.6 Å². The lowest BCUT2D eigenvalue weighted by molar-refractivity contribution is -0.167. The van der Waals surface area contributed by atoms with Crippen LogP contribution >= 0.6 is 0 Å². The number of unbranched alkanes of at least 4 members (excludes halogenated alkanes) is 29. The van der Waals surface area contributed by atoms with Crippen LogP contribution in [0.5, 0.6) is 0 Å². The largest absolute Gasteiger partial charge is 0.462 e. The lowest BCUT2D eigenvalue weighted by atomic mass is 10.0. The van der Waals surface area contributed by atoms with E-state index in [9.17, 15) is 14.4 Å². The summed E-state index contributed by atoms with van der Waals surface area (Å²) in [5.74, 6) is -0.891. The average molecular weight is 1030 g/mol. The van der Waals surface area contributed by atoms with Gasteiger partial charge in [0, 0.05) is 19.3 Å². The minimum atomic E-state index is -0.777. The van der Waals surface area contributed by atoms with Gasteiger partial charge in [0.25, 0.3) is 0 Å². The monoisotopic (exact) mass is 1030 g/mol. The molecule has 0 aliphatic rings. The molecule has 0 bridgehead atoms. The van der Waals surface area contributed by atoms with Crippen molar-refractivity contribution in [2.45, 2.75) is 303 Å². The molecule has 0 aromatic rings. The lowest BCUT2D eigenvalue weighted by Crippen LogP contribution is -2.30. The Morgan fingerprint density at radius 2 is 0.527 bits per heavy atom. The predicted octanol–water partition coefficient (Wildman–Crippen LogP) is 21.3. The van der Waals surface area contributed by atoms with Crippen LogP contribution in [0.15, 0.2) is 97.2 Å². The molecule has 74 heavy (non-hydrogen) atoms. The first-order valence-electron chi connectivity index (χ1n) is 31.2. The fourth-order valence-corrected chi connectivity index (χ4v) is 8.65. The van der Waals surface area contributed by atoms with Crippen molar-refractivity contribution in [3.05, 3.63) is 97.2 Å². The smallest absolute Gasteiger partial charge is 0.306 e. The van der Waals surface area contributed by atoms with Crippen molar-refractivity contribution >= 4 is 17.9 Å². The van der Waals surface area contributed by atoms with Crippen LogP contribution in [0.3, 0.4) is 0 Å². The van der Waals surface area contributed by atoms with Crippen molar-refractivity contribution < 1.29 is 28.6 Å². The van der Waals surface area contributed by atoms with Crippen LogP contribution in [0.25, 0.3) is 0 Å². The van der Waals surface area contributed by atoms with E-state index in [1.165, 1.54) is 141 Å². The normalized spacial score (nSPS) is 12.7. The predicted molar refractivity (Wildman–Crippen MR) is 320 cm³/mol. The van der Waals surface area contributed by atoms with Crippen molar-refractivity contribution in [2.24, 2.45) is 0 Å². The van der Waals surface area contributed by atoms with Gasteiger partial charge in [0.15, 0.2) is 6.10 Å². The Balaban J connectivity index is 4.01. The highest BCUT2D eigenvalue weighted by molar-refractivity contribution is 5.71. The van der Waals surface area contributed by atoms with E-state index in [0.717, 1.165) is 116 Å². The first-order chi connectivity index (χ1) is 36.5. The summed E-state index contributed by atoms with van der Waals surface area (Å²) in [4.78, 5) is 37.9. The number of hydrogen-bond acceptors (Lipinski definition) is 6. The highest BCUT2D eigenvalue weighted by Crippen LogP contribution is 2.16. The molecule has 6 heteroatoms. The second kappa shape index (κ2) is 61.9. The van der Waals surface area contributed by atoms with E-state index in [-0.39, 0.29) is 31.1 Å². The van der Waals surface area contributed by atoms with E-state index >= 15 is 0 Å². The Hall–Kier alpha value is -3.67. The summed E-state index contributed by atoms with van der Waals surface area (Å²) in [7, 11) is 0. The number of carbonyl (C=O) groups is 3. The highest BCUT2D eigenvalue weighted by Gasteiger charge is 2.19. The second-order valence-electron chi connectivity index (χ2n) is 20.6. The molecule has 0 spiro atoms. The van der Waals surface area contributed by atoms with Crippen molar-refractivity contribution in [3.63, 3.8) is 0 Å². The third-order valence-electron chi connectivity index (χ3n) is 13.3. The molecular weight excluding hydrogens is 913 g/mol. The Morgan fingerprint density at radius 3 is 0.838 bits per heavy atom. The summed E-state index contributed by atoms with van der Waals surface area (Å²) >= 11 is 0. The maximum absolute atomic E-state index is 12.8. The van der Waals surface area contributed by atoms with Crippen LogP contribution in [0.4, 0.5) is 0 Å². The summed E-state index contributed by atoms with van der Waals surface area (Å²) in [6.07, 6.45) is 83.1. The molecule has 0 N–H and O–H groups in total. The fraction of sp³-hybridized carbons (Fsp3) is 0.721. The van der Waals surface area contributed by atoms with Crippen LogP contribution < -0.4 is 0 Å². The summed E-state index contributed by atoms with van der Waals surface area (Å²) in [5.41, 5.74) is 0. The van der Waals surface area contributed by atoms with Gasteiger partial charge in [-0.2, -0.15) is 0 Å². The van der Waals surface area contributed by atoms with Gasteiger partial charge >= 0.3 is 17.9 Å². The van der Waals surface area contributed by atoms with Crippen LogP contribution in [0, 0.1) is 0 Å². The summed E-state index contributed by atoms with van der Waals surface area (Å²) in [6.45, 7) is 6.47. The van der Waals surface area contributed by atoms with Crippen LogP contribution in [-0.4, -0.2) is 37.2 Å². The summed E-state index contributed by atoms with van der Waals surface area (Å²) in [5, 5.41) is 0. The molecule has 1 atom stereocenters. The van der Waals surface area contributed by atoms with Crippen LogP contribution in [0.2, 0.25) is 0 Å². The van der Waals surface area contributed by atoms with Gasteiger partial charge in [0.05, 0.1) is 0 Å². The van der Waals surface area contributed by atoms with Gasteiger partial charge in [-0.25, -0.2) is 0 Å². The third-order valence-corrected chi connectivity index (χ3v) is 13.3. The minimum Gasteiger partial charge on any atom is -0.462 e. The van der Waals surface area contributed by atoms with E-state index in [1.807, 2.05) is 0 Å². The average Bonchev–Trinajstić information content (AvgIpc) is 3.40. The molecule has 0 amide bonds. The second-order valence-corrected chi connectivity index (χ2v) is 20.6. The maximum atomic E-state index is 12.8. The fourth-order valence-electron chi connectivity index (χ4n) is 8.65. The number of rotatable bonds is 56. The maximum Gasteiger partial charge on any atom is 0.306 e. The highest BCUT2D eigenvalue weighted by atomic mass is 16.6. The third kappa shape index (κ3) is 59.2. The standard InChI is InChI=1S/C68H116O6/c1-4-7-10-13-16-18-20-22-24-25-26-27-28-29-30-31-32-33-34-35-36-37-38-39-40-41-42-43-45-46-48-50-52-55-58-61-67(70)73-64-65(63-72-66(69)60-57-54-15-12-9-6-3)74-68(71)62-59-56-53-51-49-47-44-23-21-19-17-14-11-8-5-2/h7,10,16,18,22-24,26-27,29-30,32-33,35-36,44,65H,4-6,8-9,11-15,17,19-21,25,28,31,34,37-43,45-64H2,1-3H3/b10-7-,18-16-,24-22-,27-26-,30-29-,33-32-,36-35-,44-23-. The van der Waals surface area contributed by atoms with Gasteiger partial charge in [-0.15, -0.1) is 0 Å². The molecular formula is C68H116O6. The number of ether oxygens (including phenoxy) is 3. The van der Waals surface area contributed by atoms with Gasteiger partial charge in [-0.3, -0.25) is 14.4 Å². The SMILES string of the molecule is CC/C=C\C/C=C\C/C=C\C/C=C\C/C=C\C/C=C\C/C=C\CCCCCCCCCCCCCCCC(=O)OCC(COC(=O)CCCCCCCC)OC(=O)CCCCCCC/C=C\CCCCCCCC. The van der Waals surface area contributed by atoms with Gasteiger partial charge in [-0.1, -0.05) is 272 Å². The molecule has 0 aliphatic heterocycles. The summed E-state index contributed by atoms with van der Waals surface area (Å²) in [6, 6.07) is 0. The van der Waals surface area contributed by atoms with E-state index in [2.05, 4.69) is 118 Å². The summed E-state index contributed by atoms with van der Waals surface area (Å²) < 4.78 is 16.8. The molecule has 1 unspecified atom stereocenters. The number of esters is 3. The van der Waals surface area contributed by atoms with Crippen molar-refractivity contribution in [3.8, 4) is 0 Å². The first kappa shape index (κ1) is 70.3. The molecule has 0 fully saturated rings.